The smallest absolute Gasteiger partial charge is 0.260 e. The molecule has 1 saturated heterocycles. The number of ether oxygens (including phenoxy) is 1. The van der Waals surface area contributed by atoms with Gasteiger partial charge >= 0.3 is 0 Å². The minimum absolute atomic E-state index is 0.253. The van der Waals surface area contributed by atoms with E-state index in [-0.39, 0.29) is 11.7 Å². The van der Waals surface area contributed by atoms with Gasteiger partial charge < -0.3 is 20.3 Å². The molecule has 0 unspecified atom stereocenters. The molecule has 0 radical (unpaired) electrons. The Morgan fingerprint density at radius 1 is 1.07 bits per heavy atom. The van der Waals surface area contributed by atoms with Crippen molar-refractivity contribution < 1.29 is 13.9 Å². The van der Waals surface area contributed by atoms with Gasteiger partial charge in [-0.1, -0.05) is 6.42 Å². The number of piperidine rings is 1. The molecule has 3 aliphatic rings. The monoisotopic (exact) mass is 393 g/mol. The standard InChI is InChI=1S/C23H24FN3O2/c24-16-4-7-20-19(13-16)21(23(28)26-20)22-18-6-5-17(12-15(18)14-29-22)25-8-11-27-9-2-1-3-10-27/h4-7,12-13,25H,1-3,8-11,14H2,(H,26,28). The molecule has 3 heterocycles. The van der Waals surface area contributed by atoms with E-state index in [4.69, 9.17) is 4.74 Å². The quantitative estimate of drug-likeness (QED) is 0.769. The van der Waals surface area contributed by atoms with Crippen LogP contribution in [0.15, 0.2) is 36.4 Å². The van der Waals surface area contributed by atoms with Crippen molar-refractivity contribution in [2.45, 2.75) is 25.9 Å². The predicted octanol–water partition coefficient (Wildman–Crippen LogP) is 4.07. The molecule has 150 valence electrons. The number of carbonyl (C=O) groups is 1. The second kappa shape index (κ2) is 7.52. The normalized spacial score (nSPS) is 20.8. The summed E-state index contributed by atoms with van der Waals surface area (Å²) in [6.45, 7) is 4.75. The zero-order valence-electron chi connectivity index (χ0n) is 16.3. The molecule has 2 aromatic carbocycles. The Balaban J connectivity index is 1.35. The molecule has 6 heteroatoms. The van der Waals surface area contributed by atoms with Gasteiger partial charge in [-0.2, -0.15) is 0 Å². The van der Waals surface area contributed by atoms with Crippen molar-refractivity contribution in [3.63, 3.8) is 0 Å². The van der Waals surface area contributed by atoms with E-state index in [0.717, 1.165) is 29.9 Å². The third-order valence-electron chi connectivity index (χ3n) is 5.88. The molecular weight excluding hydrogens is 369 g/mol. The van der Waals surface area contributed by atoms with E-state index in [0.29, 0.717) is 29.2 Å². The van der Waals surface area contributed by atoms with Crippen molar-refractivity contribution in [1.29, 1.82) is 0 Å². The third-order valence-corrected chi connectivity index (χ3v) is 5.88. The lowest BCUT2D eigenvalue weighted by molar-refractivity contribution is -0.110. The molecule has 5 rings (SSSR count). The Kier molecular flexibility index (Phi) is 4.72. The van der Waals surface area contributed by atoms with Crippen molar-refractivity contribution >= 4 is 28.6 Å². The van der Waals surface area contributed by atoms with E-state index in [1.165, 1.54) is 44.5 Å². The molecule has 0 saturated carbocycles. The summed E-state index contributed by atoms with van der Waals surface area (Å²) in [4.78, 5) is 15.0. The largest absolute Gasteiger partial charge is 0.487 e. The molecule has 0 spiro atoms. The number of halogens is 1. The Hall–Kier alpha value is -2.86. The van der Waals surface area contributed by atoms with Gasteiger partial charge in [0.1, 0.15) is 18.2 Å². The van der Waals surface area contributed by atoms with Crippen LogP contribution in [-0.2, 0) is 16.1 Å². The SMILES string of the molecule is O=C1Nc2ccc(F)cc2C1=C1OCc2cc(NCCN3CCCCC3)ccc21. The zero-order chi connectivity index (χ0) is 19.8. The molecule has 0 aromatic heterocycles. The van der Waals surface area contributed by atoms with Gasteiger partial charge in [0.05, 0.1) is 5.57 Å². The van der Waals surface area contributed by atoms with Gasteiger partial charge in [0.15, 0.2) is 0 Å². The predicted molar refractivity (Wildman–Crippen MR) is 112 cm³/mol. The molecule has 2 aromatic rings. The highest BCUT2D eigenvalue weighted by Gasteiger charge is 2.32. The molecule has 29 heavy (non-hydrogen) atoms. The molecule has 2 N–H and O–H groups in total. The van der Waals surface area contributed by atoms with Gasteiger partial charge in [0.25, 0.3) is 5.91 Å². The van der Waals surface area contributed by atoms with E-state index in [1.807, 2.05) is 12.1 Å². The van der Waals surface area contributed by atoms with Crippen LogP contribution in [-0.4, -0.2) is 37.0 Å². The van der Waals surface area contributed by atoms with Crippen molar-refractivity contribution in [3.05, 3.63) is 58.9 Å². The van der Waals surface area contributed by atoms with Crippen LogP contribution in [0.2, 0.25) is 0 Å². The maximum Gasteiger partial charge on any atom is 0.260 e. The fourth-order valence-electron chi connectivity index (χ4n) is 4.39. The van der Waals surface area contributed by atoms with Crippen LogP contribution < -0.4 is 10.6 Å². The lowest BCUT2D eigenvalue weighted by Gasteiger charge is -2.26. The van der Waals surface area contributed by atoms with E-state index in [2.05, 4.69) is 21.6 Å². The minimum atomic E-state index is -0.371. The summed E-state index contributed by atoms with van der Waals surface area (Å²) in [5.74, 6) is -0.0938. The van der Waals surface area contributed by atoms with Crippen LogP contribution in [0.5, 0.6) is 0 Å². The number of amides is 1. The molecule has 1 amide bonds. The first-order valence-corrected chi connectivity index (χ1v) is 10.3. The molecular formula is C23H24FN3O2. The number of benzene rings is 2. The first-order chi connectivity index (χ1) is 14.2. The summed E-state index contributed by atoms with van der Waals surface area (Å²) >= 11 is 0. The van der Waals surface area contributed by atoms with E-state index < -0.39 is 0 Å². The second-order valence-electron chi connectivity index (χ2n) is 7.84. The summed E-state index contributed by atoms with van der Waals surface area (Å²) < 4.78 is 19.6. The summed E-state index contributed by atoms with van der Waals surface area (Å²) in [5, 5.41) is 6.29. The number of anilines is 2. The molecule has 5 nitrogen and oxygen atoms in total. The van der Waals surface area contributed by atoms with Gasteiger partial charge in [0, 0.05) is 41.2 Å². The molecule has 0 bridgehead atoms. The maximum atomic E-state index is 13.7. The molecule has 0 atom stereocenters. The van der Waals surface area contributed by atoms with Gasteiger partial charge in [-0.25, -0.2) is 4.39 Å². The Bertz CT molecular complexity index is 996. The first-order valence-electron chi connectivity index (χ1n) is 10.3. The van der Waals surface area contributed by atoms with Gasteiger partial charge in [0.2, 0.25) is 0 Å². The van der Waals surface area contributed by atoms with E-state index in [1.54, 1.807) is 6.07 Å². The van der Waals surface area contributed by atoms with Crippen LogP contribution in [0.3, 0.4) is 0 Å². The van der Waals surface area contributed by atoms with Crippen LogP contribution in [0.4, 0.5) is 15.8 Å². The maximum absolute atomic E-state index is 13.7. The third kappa shape index (κ3) is 3.49. The average molecular weight is 393 g/mol. The number of nitrogens with zero attached hydrogens (tertiary/aromatic N) is 1. The number of fused-ring (bicyclic) bond motifs is 2. The molecule has 0 aliphatic carbocycles. The highest BCUT2D eigenvalue weighted by atomic mass is 19.1. The van der Waals surface area contributed by atoms with Crippen molar-refractivity contribution in [3.8, 4) is 0 Å². The van der Waals surface area contributed by atoms with Crippen LogP contribution in [0.25, 0.3) is 11.3 Å². The first kappa shape index (κ1) is 18.2. The lowest BCUT2D eigenvalue weighted by Crippen LogP contribution is -2.33. The average Bonchev–Trinajstić information content (AvgIpc) is 3.28. The van der Waals surface area contributed by atoms with Gasteiger partial charge in [-0.05, 0) is 62.3 Å². The number of likely N-dealkylation sites (tertiary alicyclic amines) is 1. The second-order valence-corrected chi connectivity index (χ2v) is 7.84. The van der Waals surface area contributed by atoms with Crippen LogP contribution in [0, 0.1) is 5.82 Å². The Morgan fingerprint density at radius 3 is 2.79 bits per heavy atom. The topological polar surface area (TPSA) is 53.6 Å². The van der Waals surface area contributed by atoms with Gasteiger partial charge in [-0.15, -0.1) is 0 Å². The van der Waals surface area contributed by atoms with Crippen molar-refractivity contribution in [2.75, 3.05) is 36.8 Å². The fraction of sp³-hybridized carbons (Fsp3) is 0.348. The fourth-order valence-corrected chi connectivity index (χ4v) is 4.39. The molecule has 3 aliphatic heterocycles. The number of hydrogen-bond donors (Lipinski definition) is 2. The number of nitrogens with one attached hydrogen (secondary N) is 2. The molecule has 1 fully saturated rings. The van der Waals surface area contributed by atoms with E-state index in [9.17, 15) is 9.18 Å². The number of hydrogen-bond acceptors (Lipinski definition) is 4. The highest BCUT2D eigenvalue weighted by Crippen LogP contribution is 2.42. The van der Waals surface area contributed by atoms with Crippen molar-refractivity contribution in [1.82, 2.24) is 4.90 Å². The Morgan fingerprint density at radius 2 is 1.93 bits per heavy atom. The Labute approximate surface area is 169 Å². The summed E-state index contributed by atoms with van der Waals surface area (Å²) in [6, 6.07) is 10.4. The van der Waals surface area contributed by atoms with Crippen LogP contribution >= 0.6 is 0 Å². The summed E-state index contributed by atoms with van der Waals surface area (Å²) in [5.41, 5.74) is 4.57. The minimum Gasteiger partial charge on any atom is -0.487 e. The highest BCUT2D eigenvalue weighted by molar-refractivity contribution is 6.36. The number of carbonyl (C=O) groups excluding carboxylic acids is 1. The summed E-state index contributed by atoms with van der Waals surface area (Å²) in [7, 11) is 0. The van der Waals surface area contributed by atoms with E-state index >= 15 is 0 Å². The summed E-state index contributed by atoms with van der Waals surface area (Å²) in [6.07, 6.45) is 3.95. The lowest BCUT2D eigenvalue weighted by atomic mass is 10.00. The van der Waals surface area contributed by atoms with Gasteiger partial charge in [-0.3, -0.25) is 4.79 Å². The number of rotatable bonds is 4. The zero-order valence-corrected chi connectivity index (χ0v) is 16.3. The van der Waals surface area contributed by atoms with Crippen molar-refractivity contribution in [2.24, 2.45) is 0 Å². The van der Waals surface area contributed by atoms with Crippen LogP contribution in [0.1, 0.15) is 36.0 Å².